The van der Waals surface area contributed by atoms with Crippen molar-refractivity contribution in [2.24, 2.45) is 0 Å². The monoisotopic (exact) mass is 307 g/mol. The molecule has 0 atom stereocenters. The molecule has 2 rings (SSSR count). The fourth-order valence-corrected chi connectivity index (χ4v) is 1.68. The van der Waals surface area contributed by atoms with Crippen LogP contribution in [0.4, 0.5) is 18.9 Å². The molecule has 0 aliphatic carbocycles. The van der Waals surface area contributed by atoms with Gasteiger partial charge in [0.25, 0.3) is 0 Å². The zero-order chi connectivity index (χ0) is 15.1. The molecule has 0 amide bonds. The van der Waals surface area contributed by atoms with E-state index in [4.69, 9.17) is 11.6 Å². The van der Waals surface area contributed by atoms with E-state index in [1.54, 1.807) is 6.92 Å². The zero-order valence-corrected chi connectivity index (χ0v) is 10.5. The summed E-state index contributed by atoms with van der Waals surface area (Å²) in [7, 11) is 0. The molecule has 0 bridgehead atoms. The van der Waals surface area contributed by atoms with E-state index in [-0.39, 0.29) is 5.82 Å². The van der Waals surface area contributed by atoms with Gasteiger partial charge in [-0.15, -0.1) is 5.10 Å². The maximum absolute atomic E-state index is 12.7. The van der Waals surface area contributed by atoms with Crippen molar-refractivity contribution in [3.8, 4) is 5.82 Å². The Morgan fingerprint density at radius 3 is 2.40 bits per heavy atom. The second kappa shape index (κ2) is 4.71. The molecule has 106 valence electrons. The Balaban J connectivity index is 2.67. The number of aromatic nitrogens is 4. The second-order valence-electron chi connectivity index (χ2n) is 3.69. The van der Waals surface area contributed by atoms with E-state index in [9.17, 15) is 23.3 Å². The summed E-state index contributed by atoms with van der Waals surface area (Å²) in [6.45, 7) is 1.62. The highest BCUT2D eigenvalue weighted by Gasteiger charge is 2.45. The van der Waals surface area contributed by atoms with Crippen molar-refractivity contribution >= 4 is 17.3 Å². The van der Waals surface area contributed by atoms with E-state index >= 15 is 0 Å². The van der Waals surface area contributed by atoms with Crippen molar-refractivity contribution in [2.45, 2.75) is 13.1 Å². The van der Waals surface area contributed by atoms with E-state index in [1.165, 1.54) is 12.1 Å². The Morgan fingerprint density at radius 1 is 1.35 bits per heavy atom. The van der Waals surface area contributed by atoms with Crippen molar-refractivity contribution in [1.29, 1.82) is 0 Å². The Morgan fingerprint density at radius 2 is 2.00 bits per heavy atom. The van der Waals surface area contributed by atoms with Crippen LogP contribution in [0.25, 0.3) is 5.82 Å². The van der Waals surface area contributed by atoms with E-state index < -0.39 is 27.6 Å². The lowest BCUT2D eigenvalue weighted by Gasteiger charge is -2.01. The van der Waals surface area contributed by atoms with Gasteiger partial charge in [0.2, 0.25) is 10.8 Å². The summed E-state index contributed by atoms with van der Waals surface area (Å²) in [5.41, 5.74) is -2.49. The lowest BCUT2D eigenvalue weighted by molar-refractivity contribution is -0.388. The Bertz CT molecular complexity index is 667. The number of nitro groups is 1. The maximum Gasteiger partial charge on any atom is 0.442 e. The third kappa shape index (κ3) is 2.41. The normalized spacial score (nSPS) is 11.7. The summed E-state index contributed by atoms with van der Waals surface area (Å²) in [4.78, 5) is 9.48. The predicted molar refractivity (Wildman–Crippen MR) is 60.6 cm³/mol. The molecule has 2 heterocycles. The van der Waals surface area contributed by atoms with Gasteiger partial charge in [0, 0.05) is 0 Å². The molecule has 7 nitrogen and oxygen atoms in total. The molecule has 0 saturated heterocycles. The Labute approximate surface area is 114 Å². The third-order valence-electron chi connectivity index (χ3n) is 2.26. The molecule has 0 radical (unpaired) electrons. The molecule has 0 aliphatic heterocycles. The molecule has 0 saturated carbocycles. The van der Waals surface area contributed by atoms with Gasteiger partial charge >= 0.3 is 11.9 Å². The summed E-state index contributed by atoms with van der Waals surface area (Å²) in [5.74, 6) is -0.154. The minimum Gasteiger partial charge on any atom is -0.258 e. The van der Waals surface area contributed by atoms with Gasteiger partial charge in [-0.1, -0.05) is 11.6 Å². The number of alkyl halides is 3. The topological polar surface area (TPSA) is 86.7 Å². The van der Waals surface area contributed by atoms with Gasteiger partial charge in [0.05, 0.1) is 10.6 Å². The summed E-state index contributed by atoms with van der Waals surface area (Å²) in [6.07, 6.45) is -5.00. The molecule has 11 heteroatoms. The first-order chi connectivity index (χ1) is 9.21. The van der Waals surface area contributed by atoms with Crippen LogP contribution in [-0.4, -0.2) is 24.9 Å². The molecule has 2 aromatic rings. The van der Waals surface area contributed by atoms with Crippen LogP contribution in [0.5, 0.6) is 0 Å². The molecule has 0 spiro atoms. The van der Waals surface area contributed by atoms with Crippen LogP contribution < -0.4 is 0 Å². The summed E-state index contributed by atoms with van der Waals surface area (Å²) in [5, 5.41) is 20.2. The van der Waals surface area contributed by atoms with Crippen LogP contribution in [0.15, 0.2) is 12.1 Å². The summed E-state index contributed by atoms with van der Waals surface area (Å²) < 4.78 is 38.6. The van der Waals surface area contributed by atoms with E-state index in [1.807, 2.05) is 0 Å². The van der Waals surface area contributed by atoms with Crippen LogP contribution in [0, 0.1) is 17.0 Å². The van der Waals surface area contributed by atoms with Crippen LogP contribution >= 0.6 is 11.6 Å². The van der Waals surface area contributed by atoms with Crippen LogP contribution in [0.1, 0.15) is 11.4 Å². The van der Waals surface area contributed by atoms with E-state index in [0.717, 1.165) is 0 Å². The lowest BCUT2D eigenvalue weighted by atomic mass is 10.4. The van der Waals surface area contributed by atoms with E-state index in [0.29, 0.717) is 10.4 Å². The van der Waals surface area contributed by atoms with Crippen molar-refractivity contribution < 1.29 is 18.1 Å². The predicted octanol–water partition coefficient (Wildman–Crippen LogP) is 2.55. The molecule has 2 aromatic heterocycles. The highest BCUT2D eigenvalue weighted by molar-refractivity contribution is 6.32. The van der Waals surface area contributed by atoms with Crippen molar-refractivity contribution in [2.75, 3.05) is 0 Å². The third-order valence-corrected chi connectivity index (χ3v) is 2.60. The van der Waals surface area contributed by atoms with Gasteiger partial charge in [-0.2, -0.15) is 28.1 Å². The molecular weight excluding hydrogens is 303 g/mol. The lowest BCUT2D eigenvalue weighted by Crippen LogP contribution is -2.10. The number of rotatable bonds is 2. The van der Waals surface area contributed by atoms with Gasteiger partial charge in [-0.25, -0.2) is 0 Å². The average Bonchev–Trinajstić information content (AvgIpc) is 2.68. The quantitative estimate of drug-likeness (QED) is 0.628. The summed E-state index contributed by atoms with van der Waals surface area (Å²) >= 11 is 5.60. The van der Waals surface area contributed by atoms with Gasteiger partial charge < -0.3 is 0 Å². The highest BCUT2D eigenvalue weighted by atomic mass is 35.5. The fraction of sp³-hybridized carbons (Fsp3) is 0.222. The van der Waals surface area contributed by atoms with Crippen LogP contribution in [0.3, 0.4) is 0 Å². The van der Waals surface area contributed by atoms with Crippen molar-refractivity contribution in [1.82, 2.24) is 20.0 Å². The SMILES string of the molecule is Cc1ccc(-n2nc(C(F)(F)F)c([N+](=O)[O-])c2Cl)nn1. The first kappa shape index (κ1) is 14.2. The Kier molecular flexibility index (Phi) is 3.34. The number of aryl methyl sites for hydroxylation is 1. The molecule has 20 heavy (non-hydrogen) atoms. The van der Waals surface area contributed by atoms with Gasteiger partial charge in [-0.3, -0.25) is 10.1 Å². The Hall–Kier alpha value is -2.23. The number of halogens is 4. The molecular formula is C9H5ClF3N5O2. The summed E-state index contributed by atoms with van der Waals surface area (Å²) in [6, 6.07) is 2.75. The average molecular weight is 308 g/mol. The zero-order valence-electron chi connectivity index (χ0n) is 9.72. The fourth-order valence-electron chi connectivity index (χ4n) is 1.40. The smallest absolute Gasteiger partial charge is 0.258 e. The van der Waals surface area contributed by atoms with Gasteiger partial charge in [-0.05, 0) is 19.1 Å². The molecule has 0 aromatic carbocycles. The maximum atomic E-state index is 12.7. The van der Waals surface area contributed by atoms with Crippen molar-refractivity contribution in [3.63, 3.8) is 0 Å². The molecule has 0 aliphatic rings. The number of hydrogen-bond acceptors (Lipinski definition) is 5. The van der Waals surface area contributed by atoms with E-state index in [2.05, 4.69) is 15.3 Å². The van der Waals surface area contributed by atoms with Crippen LogP contribution in [0.2, 0.25) is 5.15 Å². The second-order valence-corrected chi connectivity index (χ2v) is 4.05. The van der Waals surface area contributed by atoms with Crippen LogP contribution in [-0.2, 0) is 6.18 Å². The van der Waals surface area contributed by atoms with Gasteiger partial charge in [0.15, 0.2) is 5.82 Å². The largest absolute Gasteiger partial charge is 0.442 e. The molecule has 0 unspecified atom stereocenters. The minimum atomic E-state index is -5.00. The minimum absolute atomic E-state index is 0.154. The number of hydrogen-bond donors (Lipinski definition) is 0. The molecule has 0 fully saturated rings. The van der Waals surface area contributed by atoms with Gasteiger partial charge in [0.1, 0.15) is 0 Å². The molecule has 0 N–H and O–H groups in total. The highest BCUT2D eigenvalue weighted by Crippen LogP contribution is 2.39. The van der Waals surface area contributed by atoms with Crippen molar-refractivity contribution in [3.05, 3.63) is 38.8 Å². The number of nitrogens with zero attached hydrogens (tertiary/aromatic N) is 5. The first-order valence-corrected chi connectivity index (χ1v) is 5.40. The standard InChI is InChI=1S/C9H5ClF3N5O2/c1-4-2-3-5(15-14-4)17-8(10)6(18(19)20)7(16-17)9(11,12)13/h2-3H,1H3. The first-order valence-electron chi connectivity index (χ1n) is 5.02.